The molecule has 2 fully saturated rings. The highest BCUT2D eigenvalue weighted by Crippen LogP contribution is 2.65. The first-order valence-corrected chi connectivity index (χ1v) is 12.0. The highest BCUT2D eigenvalue weighted by molar-refractivity contribution is 7.91. The third kappa shape index (κ3) is 2.84. The summed E-state index contributed by atoms with van der Waals surface area (Å²) in [6, 6.07) is 4.16. The van der Waals surface area contributed by atoms with Crippen LogP contribution in [0, 0.1) is 23.7 Å². The van der Waals surface area contributed by atoms with E-state index in [2.05, 4.69) is 25.5 Å². The number of aryl methyl sites for hydroxylation is 1. The van der Waals surface area contributed by atoms with Gasteiger partial charge in [-0.3, -0.25) is 0 Å². The van der Waals surface area contributed by atoms with Crippen molar-refractivity contribution in [1.29, 1.82) is 0 Å². The molecule has 7 heteroatoms. The molecule has 0 heterocycles. The molecule has 2 aliphatic carbocycles. The predicted octanol–water partition coefficient (Wildman–Crippen LogP) is 2.89. The molecule has 0 aliphatic heterocycles. The maximum atomic E-state index is 13.0. The Labute approximate surface area is 151 Å². The minimum Gasteiger partial charge on any atom is -0.224 e. The van der Waals surface area contributed by atoms with Crippen LogP contribution in [-0.4, -0.2) is 29.1 Å². The van der Waals surface area contributed by atoms with E-state index in [1.54, 1.807) is 13.0 Å². The molecule has 2 bridgehead atoms. The second-order valence-corrected chi connectivity index (χ2v) is 12.2. The average molecular weight is 386 g/mol. The predicted molar refractivity (Wildman–Crippen MR) is 97.6 cm³/mol. The summed E-state index contributed by atoms with van der Waals surface area (Å²) in [5.74, 6) is 0.522. The standard InChI is InChI=1S/C18H27NO4S2/c1-12-6-7-14(24(5,20)21)11-15(12)25(22,23)19-16-10-13-8-9-18(16,4)17(13,2)3/h6-7,11,13,16,19H,8-10H2,1-5H3. The molecule has 3 atom stereocenters. The molecule has 5 nitrogen and oxygen atoms in total. The summed E-state index contributed by atoms with van der Waals surface area (Å²) in [6.07, 6.45) is 4.08. The van der Waals surface area contributed by atoms with Crippen LogP contribution in [0.5, 0.6) is 0 Å². The van der Waals surface area contributed by atoms with Crippen LogP contribution >= 0.6 is 0 Å². The second-order valence-electron chi connectivity index (χ2n) is 8.48. The van der Waals surface area contributed by atoms with Crippen LogP contribution in [0.3, 0.4) is 0 Å². The van der Waals surface area contributed by atoms with Gasteiger partial charge in [0.1, 0.15) is 0 Å². The summed E-state index contributed by atoms with van der Waals surface area (Å²) < 4.78 is 52.5. The highest BCUT2D eigenvalue weighted by atomic mass is 32.2. The fraction of sp³-hybridized carbons (Fsp3) is 0.667. The molecular formula is C18H27NO4S2. The molecule has 0 aromatic heterocycles. The van der Waals surface area contributed by atoms with Gasteiger partial charge in [-0.15, -0.1) is 0 Å². The van der Waals surface area contributed by atoms with Gasteiger partial charge in [0.2, 0.25) is 10.0 Å². The molecule has 0 radical (unpaired) electrons. The van der Waals surface area contributed by atoms with E-state index < -0.39 is 19.9 Å². The van der Waals surface area contributed by atoms with E-state index >= 15 is 0 Å². The molecule has 1 N–H and O–H groups in total. The Bertz CT molecular complexity index is 918. The van der Waals surface area contributed by atoms with Crippen molar-refractivity contribution in [2.24, 2.45) is 16.7 Å². The monoisotopic (exact) mass is 385 g/mol. The van der Waals surface area contributed by atoms with Crippen LogP contribution in [0.4, 0.5) is 0 Å². The Balaban J connectivity index is 1.97. The molecule has 1 aromatic rings. The molecule has 0 spiro atoms. The molecule has 3 unspecified atom stereocenters. The maximum Gasteiger partial charge on any atom is 0.241 e. The lowest BCUT2D eigenvalue weighted by Gasteiger charge is -2.39. The van der Waals surface area contributed by atoms with E-state index in [1.165, 1.54) is 12.1 Å². The van der Waals surface area contributed by atoms with E-state index in [9.17, 15) is 16.8 Å². The highest BCUT2D eigenvalue weighted by Gasteiger charge is 2.61. The molecular weight excluding hydrogens is 358 g/mol. The number of hydrogen-bond donors (Lipinski definition) is 1. The van der Waals surface area contributed by atoms with E-state index in [4.69, 9.17) is 0 Å². The van der Waals surface area contributed by atoms with Crippen LogP contribution in [0.1, 0.15) is 45.6 Å². The number of rotatable bonds is 4. The Hall–Kier alpha value is -0.920. The van der Waals surface area contributed by atoms with Crippen molar-refractivity contribution in [3.8, 4) is 0 Å². The van der Waals surface area contributed by atoms with Gasteiger partial charge in [-0.1, -0.05) is 26.8 Å². The Kier molecular flexibility index (Phi) is 4.18. The maximum absolute atomic E-state index is 13.0. The van der Waals surface area contributed by atoms with Crippen LogP contribution in [0.2, 0.25) is 0 Å². The van der Waals surface area contributed by atoms with Crippen LogP contribution in [0.15, 0.2) is 28.0 Å². The van der Waals surface area contributed by atoms with Crippen molar-refractivity contribution in [1.82, 2.24) is 4.72 Å². The first kappa shape index (κ1) is 18.9. The Morgan fingerprint density at radius 2 is 1.76 bits per heavy atom. The number of fused-ring (bicyclic) bond motifs is 2. The number of sulfonamides is 1. The van der Waals surface area contributed by atoms with Crippen molar-refractivity contribution >= 4 is 19.9 Å². The third-order valence-corrected chi connectivity index (χ3v) is 9.69. The van der Waals surface area contributed by atoms with Crippen LogP contribution < -0.4 is 4.72 Å². The largest absolute Gasteiger partial charge is 0.241 e. The Morgan fingerprint density at radius 1 is 1.12 bits per heavy atom. The zero-order valence-corrected chi connectivity index (χ0v) is 17.1. The first-order chi connectivity index (χ1) is 11.3. The van der Waals surface area contributed by atoms with Gasteiger partial charge in [-0.25, -0.2) is 21.6 Å². The van der Waals surface area contributed by atoms with Crippen molar-refractivity contribution in [2.45, 2.75) is 62.8 Å². The van der Waals surface area contributed by atoms with Crippen molar-refractivity contribution in [2.75, 3.05) is 6.26 Å². The third-order valence-electron chi connectivity index (χ3n) is 6.97. The zero-order valence-electron chi connectivity index (χ0n) is 15.5. The summed E-state index contributed by atoms with van der Waals surface area (Å²) in [7, 11) is -7.24. The molecule has 25 heavy (non-hydrogen) atoms. The van der Waals surface area contributed by atoms with Gasteiger partial charge in [0, 0.05) is 12.3 Å². The molecule has 2 aliphatic rings. The van der Waals surface area contributed by atoms with Crippen molar-refractivity contribution in [3.05, 3.63) is 23.8 Å². The number of benzene rings is 1. The van der Waals surface area contributed by atoms with Gasteiger partial charge in [0.15, 0.2) is 9.84 Å². The lowest BCUT2D eigenvalue weighted by Crippen LogP contribution is -2.46. The fourth-order valence-electron chi connectivity index (χ4n) is 4.73. The molecule has 1 aromatic carbocycles. The van der Waals surface area contributed by atoms with Gasteiger partial charge in [0.05, 0.1) is 9.79 Å². The summed E-state index contributed by atoms with van der Waals surface area (Å²) in [6.45, 7) is 8.32. The minimum atomic E-state index is -3.78. The number of sulfone groups is 1. The quantitative estimate of drug-likeness (QED) is 0.864. The van der Waals surface area contributed by atoms with Crippen molar-refractivity contribution in [3.63, 3.8) is 0 Å². The van der Waals surface area contributed by atoms with Gasteiger partial charge < -0.3 is 0 Å². The summed E-state index contributed by atoms with van der Waals surface area (Å²) in [4.78, 5) is 0.0811. The average Bonchev–Trinajstić information content (AvgIpc) is 2.79. The first-order valence-electron chi connectivity index (χ1n) is 8.62. The molecule has 0 saturated heterocycles. The van der Waals surface area contributed by atoms with Crippen LogP contribution in [-0.2, 0) is 19.9 Å². The lowest BCUT2D eigenvalue weighted by molar-refractivity contribution is 0.130. The van der Waals surface area contributed by atoms with Gasteiger partial charge in [-0.2, -0.15) is 0 Å². The number of hydrogen-bond acceptors (Lipinski definition) is 4. The fourth-order valence-corrected chi connectivity index (χ4v) is 7.09. The van der Waals surface area contributed by atoms with Gasteiger partial charge in [-0.05, 0) is 60.6 Å². The molecule has 140 valence electrons. The van der Waals surface area contributed by atoms with E-state index in [-0.39, 0.29) is 26.7 Å². The van der Waals surface area contributed by atoms with Gasteiger partial charge >= 0.3 is 0 Å². The normalized spacial score (nSPS) is 31.4. The van der Waals surface area contributed by atoms with Crippen LogP contribution in [0.25, 0.3) is 0 Å². The summed E-state index contributed by atoms with van der Waals surface area (Å²) in [5.41, 5.74) is 0.573. The SMILES string of the molecule is Cc1ccc(S(C)(=O)=O)cc1S(=O)(=O)NC1CC2CCC1(C)C2(C)C. The topological polar surface area (TPSA) is 80.3 Å². The van der Waals surface area contributed by atoms with E-state index in [1.807, 2.05) is 0 Å². The minimum absolute atomic E-state index is 0.0259. The summed E-state index contributed by atoms with van der Waals surface area (Å²) >= 11 is 0. The smallest absolute Gasteiger partial charge is 0.224 e. The molecule has 2 saturated carbocycles. The Morgan fingerprint density at radius 3 is 2.24 bits per heavy atom. The van der Waals surface area contributed by atoms with Gasteiger partial charge in [0.25, 0.3) is 0 Å². The van der Waals surface area contributed by atoms with E-state index in [0.717, 1.165) is 25.5 Å². The van der Waals surface area contributed by atoms with Crippen molar-refractivity contribution < 1.29 is 16.8 Å². The second kappa shape index (κ2) is 5.54. The molecule has 0 amide bonds. The number of nitrogens with one attached hydrogen (secondary N) is 1. The summed E-state index contributed by atoms with van der Waals surface area (Å²) in [5, 5.41) is 0. The zero-order chi connectivity index (χ0) is 18.8. The lowest BCUT2D eigenvalue weighted by atomic mass is 9.69. The van der Waals surface area contributed by atoms with E-state index in [0.29, 0.717) is 11.5 Å². The molecule has 3 rings (SSSR count).